The Morgan fingerprint density at radius 2 is 2.09 bits per heavy atom. The molecular formula is C16H14N2O5. The van der Waals surface area contributed by atoms with Crippen molar-refractivity contribution in [3.8, 4) is 5.75 Å². The van der Waals surface area contributed by atoms with Gasteiger partial charge >= 0.3 is 11.7 Å². The van der Waals surface area contributed by atoms with Gasteiger partial charge in [-0.15, -0.1) is 0 Å². The van der Waals surface area contributed by atoms with Crippen LogP contribution in [0.3, 0.4) is 0 Å². The number of aliphatic imine (C=N–C) groups is 1. The molecule has 0 amide bonds. The van der Waals surface area contributed by atoms with E-state index in [0.717, 1.165) is 5.56 Å². The molecule has 118 valence electrons. The molecule has 7 heteroatoms. The zero-order valence-electron chi connectivity index (χ0n) is 12.5. The molecule has 0 saturated carbocycles. The maximum absolute atomic E-state index is 11.4. The van der Waals surface area contributed by atoms with Crippen molar-refractivity contribution in [3.63, 3.8) is 0 Å². The summed E-state index contributed by atoms with van der Waals surface area (Å²) in [5.41, 5.74) is 1.56. The molecule has 0 heterocycles. The highest BCUT2D eigenvalue weighted by Crippen LogP contribution is 2.29. The van der Waals surface area contributed by atoms with Crippen LogP contribution in [0.1, 0.15) is 21.5 Å². The van der Waals surface area contributed by atoms with E-state index in [1.807, 2.05) is 0 Å². The maximum Gasteiger partial charge on any atom is 0.337 e. The number of phenolic OH excluding ortho intramolecular Hbond substituents is 1. The molecule has 0 aliphatic heterocycles. The summed E-state index contributed by atoms with van der Waals surface area (Å²) in [6.07, 6.45) is 1.34. The van der Waals surface area contributed by atoms with Crippen LogP contribution < -0.4 is 0 Å². The quantitative estimate of drug-likeness (QED) is 0.404. The number of aryl methyl sites for hydroxylation is 1. The number of rotatable bonds is 4. The number of nitro benzene ring substituents is 1. The predicted molar refractivity (Wildman–Crippen MR) is 84.5 cm³/mol. The molecule has 1 N–H and O–H groups in total. The van der Waals surface area contributed by atoms with E-state index >= 15 is 0 Å². The van der Waals surface area contributed by atoms with Gasteiger partial charge in [-0.25, -0.2) is 4.79 Å². The van der Waals surface area contributed by atoms with E-state index in [1.54, 1.807) is 25.1 Å². The van der Waals surface area contributed by atoms with E-state index in [4.69, 9.17) is 0 Å². The van der Waals surface area contributed by atoms with Gasteiger partial charge in [-0.05, 0) is 36.8 Å². The van der Waals surface area contributed by atoms with Gasteiger partial charge < -0.3 is 9.84 Å². The number of esters is 1. The lowest BCUT2D eigenvalue weighted by molar-refractivity contribution is -0.385. The third-order valence-electron chi connectivity index (χ3n) is 3.20. The normalized spacial score (nSPS) is 10.7. The minimum absolute atomic E-state index is 0.232. The summed E-state index contributed by atoms with van der Waals surface area (Å²) in [5.74, 6) is -0.884. The summed E-state index contributed by atoms with van der Waals surface area (Å²) in [6.45, 7) is 1.77. The van der Waals surface area contributed by atoms with Crippen LogP contribution in [-0.2, 0) is 4.74 Å². The molecule has 0 radical (unpaired) electrons. The summed E-state index contributed by atoms with van der Waals surface area (Å²) in [7, 11) is 1.30. The highest BCUT2D eigenvalue weighted by molar-refractivity contribution is 5.91. The van der Waals surface area contributed by atoms with Crippen LogP contribution in [-0.4, -0.2) is 29.3 Å². The standard InChI is InChI=1S/C16H14N2O5/c1-10-8-11(16(20)23-2)6-7-13(10)17-9-12-4-3-5-14(15(12)19)18(21)22/h3-9,19H,1-2H3. The number of hydrogen-bond acceptors (Lipinski definition) is 6. The molecule has 0 fully saturated rings. The van der Waals surface area contributed by atoms with E-state index in [1.165, 1.54) is 31.5 Å². The van der Waals surface area contributed by atoms with Crippen molar-refractivity contribution in [2.24, 2.45) is 4.99 Å². The van der Waals surface area contributed by atoms with Crippen LogP contribution in [0.2, 0.25) is 0 Å². The Morgan fingerprint density at radius 1 is 1.35 bits per heavy atom. The zero-order chi connectivity index (χ0) is 17.0. The highest BCUT2D eigenvalue weighted by atomic mass is 16.6. The first-order chi connectivity index (χ1) is 10.9. The second-order valence-electron chi connectivity index (χ2n) is 4.72. The largest absolute Gasteiger partial charge is 0.502 e. The molecule has 0 atom stereocenters. The van der Waals surface area contributed by atoms with Gasteiger partial charge in [0.2, 0.25) is 5.75 Å². The molecule has 0 saturated heterocycles. The van der Waals surface area contributed by atoms with E-state index in [0.29, 0.717) is 11.3 Å². The summed E-state index contributed by atoms with van der Waals surface area (Å²) in [6, 6.07) is 9.02. The number of nitrogens with zero attached hydrogens (tertiary/aromatic N) is 2. The lowest BCUT2D eigenvalue weighted by Gasteiger charge is -2.04. The van der Waals surface area contributed by atoms with E-state index in [-0.39, 0.29) is 11.3 Å². The van der Waals surface area contributed by atoms with Crippen molar-refractivity contribution < 1.29 is 19.6 Å². The second-order valence-corrected chi connectivity index (χ2v) is 4.72. The Balaban J connectivity index is 2.33. The summed E-state index contributed by atoms with van der Waals surface area (Å²) in [5, 5.41) is 20.7. The fourth-order valence-corrected chi connectivity index (χ4v) is 1.98. The van der Waals surface area contributed by atoms with Gasteiger partial charge in [0.05, 0.1) is 23.3 Å². The number of phenols is 1. The Morgan fingerprint density at radius 3 is 2.70 bits per heavy atom. The van der Waals surface area contributed by atoms with Crippen molar-refractivity contribution in [2.45, 2.75) is 6.92 Å². The van der Waals surface area contributed by atoms with Crippen LogP contribution in [0.4, 0.5) is 11.4 Å². The van der Waals surface area contributed by atoms with E-state index in [2.05, 4.69) is 9.73 Å². The number of para-hydroxylation sites is 1. The molecule has 0 bridgehead atoms. The summed E-state index contributed by atoms with van der Waals surface area (Å²) >= 11 is 0. The third kappa shape index (κ3) is 3.52. The molecule has 2 aromatic carbocycles. The Kier molecular flexibility index (Phi) is 4.70. The number of carbonyl (C=O) groups is 1. The molecule has 0 aromatic heterocycles. The van der Waals surface area contributed by atoms with Gasteiger partial charge in [0.15, 0.2) is 0 Å². The zero-order valence-corrected chi connectivity index (χ0v) is 12.5. The van der Waals surface area contributed by atoms with Crippen LogP contribution >= 0.6 is 0 Å². The minimum Gasteiger partial charge on any atom is -0.502 e. The van der Waals surface area contributed by atoms with E-state index in [9.17, 15) is 20.0 Å². The Bertz CT molecular complexity index is 799. The molecule has 2 aromatic rings. The van der Waals surface area contributed by atoms with Gasteiger partial charge in [-0.1, -0.05) is 6.07 Å². The summed E-state index contributed by atoms with van der Waals surface area (Å²) in [4.78, 5) is 25.8. The SMILES string of the molecule is COC(=O)c1ccc(N=Cc2cccc([N+](=O)[O-])c2O)c(C)c1. The van der Waals surface area contributed by atoms with Crippen molar-refractivity contribution in [1.82, 2.24) is 0 Å². The van der Waals surface area contributed by atoms with Gasteiger partial charge in [-0.2, -0.15) is 0 Å². The average molecular weight is 314 g/mol. The number of ether oxygens (including phenoxy) is 1. The molecule has 2 rings (SSSR count). The van der Waals surface area contributed by atoms with Crippen LogP contribution in [0.15, 0.2) is 41.4 Å². The third-order valence-corrected chi connectivity index (χ3v) is 3.20. The lowest BCUT2D eigenvalue weighted by Crippen LogP contribution is -2.00. The topological polar surface area (TPSA) is 102 Å². The second kappa shape index (κ2) is 6.69. The minimum atomic E-state index is -0.664. The molecule has 0 aliphatic carbocycles. The Labute approximate surface area is 132 Å². The van der Waals surface area contributed by atoms with Crippen molar-refractivity contribution in [3.05, 3.63) is 63.2 Å². The van der Waals surface area contributed by atoms with Crippen LogP contribution in [0, 0.1) is 17.0 Å². The van der Waals surface area contributed by atoms with Crippen LogP contribution in [0.5, 0.6) is 5.75 Å². The smallest absolute Gasteiger partial charge is 0.337 e. The van der Waals surface area contributed by atoms with Crippen molar-refractivity contribution in [1.29, 1.82) is 0 Å². The first kappa shape index (κ1) is 16.2. The number of carbonyl (C=O) groups excluding carboxylic acids is 1. The monoisotopic (exact) mass is 314 g/mol. The van der Waals surface area contributed by atoms with Crippen molar-refractivity contribution >= 4 is 23.6 Å². The number of benzene rings is 2. The van der Waals surface area contributed by atoms with Gasteiger partial charge in [-0.3, -0.25) is 15.1 Å². The number of methoxy groups -OCH3 is 1. The molecule has 0 unspecified atom stereocenters. The number of aromatic hydroxyl groups is 1. The fraction of sp³-hybridized carbons (Fsp3) is 0.125. The fourth-order valence-electron chi connectivity index (χ4n) is 1.98. The van der Waals surface area contributed by atoms with E-state index < -0.39 is 16.6 Å². The maximum atomic E-state index is 11.4. The van der Waals surface area contributed by atoms with Gasteiger partial charge in [0, 0.05) is 17.8 Å². The summed E-state index contributed by atoms with van der Waals surface area (Å²) < 4.78 is 4.64. The number of nitro groups is 1. The first-order valence-corrected chi connectivity index (χ1v) is 6.63. The highest BCUT2D eigenvalue weighted by Gasteiger charge is 2.15. The Hall–Kier alpha value is -3.22. The predicted octanol–water partition coefficient (Wildman–Crippen LogP) is 3.15. The molecule has 23 heavy (non-hydrogen) atoms. The first-order valence-electron chi connectivity index (χ1n) is 6.63. The number of hydrogen-bond donors (Lipinski definition) is 1. The van der Waals surface area contributed by atoms with Gasteiger partial charge in [0.1, 0.15) is 0 Å². The van der Waals surface area contributed by atoms with Crippen LogP contribution in [0.25, 0.3) is 0 Å². The molecule has 0 aliphatic rings. The molecular weight excluding hydrogens is 300 g/mol. The van der Waals surface area contributed by atoms with Gasteiger partial charge in [0.25, 0.3) is 0 Å². The van der Waals surface area contributed by atoms with Crippen molar-refractivity contribution in [2.75, 3.05) is 7.11 Å². The lowest BCUT2D eigenvalue weighted by atomic mass is 10.1. The molecule has 0 spiro atoms. The molecule has 7 nitrogen and oxygen atoms in total. The average Bonchev–Trinajstić information content (AvgIpc) is 2.53.